The summed E-state index contributed by atoms with van der Waals surface area (Å²) in [6, 6.07) is 22.2. The molecule has 0 unspecified atom stereocenters. The van der Waals surface area contributed by atoms with E-state index >= 15 is 0 Å². The summed E-state index contributed by atoms with van der Waals surface area (Å²) in [6.45, 7) is 0. The molecule has 0 amide bonds. The third-order valence-electron chi connectivity index (χ3n) is 4.21. The number of benzene rings is 2. The van der Waals surface area contributed by atoms with Gasteiger partial charge in [0.15, 0.2) is 0 Å². The molecule has 98 valence electrons. The molecule has 1 fully saturated rings. The first kappa shape index (κ1) is 12.6. The Morgan fingerprint density at radius 1 is 0.684 bits per heavy atom. The van der Waals surface area contributed by atoms with Gasteiger partial charge in [0.25, 0.3) is 0 Å². The summed E-state index contributed by atoms with van der Waals surface area (Å²) in [7, 11) is -2.01. The highest BCUT2D eigenvalue weighted by atomic mass is 28.3. The number of aliphatic hydroxyl groups is 2. The van der Waals surface area contributed by atoms with Gasteiger partial charge in [-0.3, -0.25) is 0 Å². The highest BCUT2D eigenvalue weighted by molar-refractivity contribution is 7.03. The molecule has 1 aliphatic heterocycles. The predicted octanol–water partition coefficient (Wildman–Crippen LogP) is 0.985. The SMILES string of the molecule is O[C@@H]1C[Si](c2ccccc2)(c2ccccc2)C[C@@H]1O. The van der Waals surface area contributed by atoms with Crippen molar-refractivity contribution in [3.05, 3.63) is 60.7 Å². The monoisotopic (exact) mass is 270 g/mol. The molecule has 0 aliphatic carbocycles. The first-order valence-corrected chi connectivity index (χ1v) is 9.11. The molecule has 1 heterocycles. The second-order valence-electron chi connectivity index (χ2n) is 5.36. The van der Waals surface area contributed by atoms with Crippen molar-refractivity contribution in [2.45, 2.75) is 24.3 Å². The highest BCUT2D eigenvalue weighted by Gasteiger charge is 2.48. The van der Waals surface area contributed by atoms with Crippen LogP contribution in [0.15, 0.2) is 60.7 Å². The molecule has 0 spiro atoms. The fourth-order valence-corrected chi connectivity index (χ4v) is 8.30. The summed E-state index contributed by atoms with van der Waals surface area (Å²) in [5.41, 5.74) is 0. The Morgan fingerprint density at radius 3 is 1.42 bits per heavy atom. The fourth-order valence-electron chi connectivity index (χ4n) is 3.22. The van der Waals surface area contributed by atoms with Crippen LogP contribution in [0.3, 0.4) is 0 Å². The van der Waals surface area contributed by atoms with E-state index in [-0.39, 0.29) is 0 Å². The summed E-state index contributed by atoms with van der Waals surface area (Å²) < 4.78 is 0. The van der Waals surface area contributed by atoms with Gasteiger partial charge in [-0.15, -0.1) is 0 Å². The summed E-state index contributed by atoms with van der Waals surface area (Å²) in [5.74, 6) is 0. The van der Waals surface area contributed by atoms with Gasteiger partial charge in [0, 0.05) is 0 Å². The molecular formula is C16H18O2Si. The van der Waals surface area contributed by atoms with Crippen LogP contribution in [0.1, 0.15) is 0 Å². The molecule has 0 saturated carbocycles. The van der Waals surface area contributed by atoms with Crippen molar-refractivity contribution < 1.29 is 10.2 Å². The quantitative estimate of drug-likeness (QED) is 0.799. The minimum Gasteiger partial charge on any atom is -0.391 e. The Hall–Kier alpha value is -1.42. The van der Waals surface area contributed by atoms with E-state index in [1.54, 1.807) is 0 Å². The zero-order chi connectivity index (χ0) is 13.3. The first-order chi connectivity index (χ1) is 9.22. The van der Waals surface area contributed by atoms with Crippen molar-refractivity contribution in [1.29, 1.82) is 0 Å². The topological polar surface area (TPSA) is 40.5 Å². The Bertz CT molecular complexity index is 490. The third-order valence-corrected chi connectivity index (χ3v) is 9.32. The van der Waals surface area contributed by atoms with Crippen LogP contribution in [0, 0.1) is 0 Å². The first-order valence-electron chi connectivity index (χ1n) is 6.69. The molecule has 1 saturated heterocycles. The van der Waals surface area contributed by atoms with Gasteiger partial charge < -0.3 is 10.2 Å². The van der Waals surface area contributed by atoms with Crippen LogP contribution < -0.4 is 10.4 Å². The van der Waals surface area contributed by atoms with Crippen LogP contribution in [0.2, 0.25) is 12.1 Å². The van der Waals surface area contributed by atoms with E-state index in [0.717, 1.165) is 0 Å². The Labute approximate surface area is 114 Å². The molecule has 0 aromatic heterocycles. The Kier molecular flexibility index (Phi) is 3.27. The van der Waals surface area contributed by atoms with Crippen molar-refractivity contribution in [2.75, 3.05) is 0 Å². The normalized spacial score (nSPS) is 25.4. The van der Waals surface area contributed by atoms with Crippen LogP contribution in [0.5, 0.6) is 0 Å². The van der Waals surface area contributed by atoms with E-state index < -0.39 is 20.3 Å². The lowest BCUT2D eigenvalue weighted by Crippen LogP contribution is -2.56. The van der Waals surface area contributed by atoms with E-state index in [9.17, 15) is 10.2 Å². The van der Waals surface area contributed by atoms with Gasteiger partial charge in [-0.25, -0.2) is 0 Å². The molecule has 2 atom stereocenters. The van der Waals surface area contributed by atoms with E-state index in [2.05, 4.69) is 24.3 Å². The smallest absolute Gasteiger partial charge is 0.123 e. The molecule has 3 heteroatoms. The molecule has 2 nitrogen and oxygen atoms in total. The van der Waals surface area contributed by atoms with Crippen molar-refractivity contribution >= 4 is 18.4 Å². The maximum Gasteiger partial charge on any atom is 0.123 e. The molecule has 0 radical (unpaired) electrons. The van der Waals surface area contributed by atoms with Gasteiger partial charge in [0.05, 0.1) is 12.2 Å². The number of aliphatic hydroxyl groups excluding tert-OH is 2. The maximum atomic E-state index is 10.0. The molecule has 3 rings (SSSR count). The highest BCUT2D eigenvalue weighted by Crippen LogP contribution is 2.30. The lowest BCUT2D eigenvalue weighted by molar-refractivity contribution is 0.0542. The van der Waals surface area contributed by atoms with E-state index in [0.29, 0.717) is 12.1 Å². The Balaban J connectivity index is 2.13. The van der Waals surface area contributed by atoms with Crippen LogP contribution in [0.25, 0.3) is 0 Å². The third kappa shape index (κ3) is 2.14. The van der Waals surface area contributed by atoms with Crippen LogP contribution >= 0.6 is 0 Å². The minimum atomic E-state index is -2.01. The zero-order valence-electron chi connectivity index (χ0n) is 10.7. The molecule has 1 aliphatic rings. The summed E-state index contributed by atoms with van der Waals surface area (Å²) in [6.07, 6.45) is -1.18. The number of hydrogen-bond acceptors (Lipinski definition) is 2. The van der Waals surface area contributed by atoms with Gasteiger partial charge in [0.1, 0.15) is 8.07 Å². The second-order valence-corrected chi connectivity index (χ2v) is 9.49. The van der Waals surface area contributed by atoms with E-state index in [1.165, 1.54) is 10.4 Å². The Morgan fingerprint density at radius 2 is 1.05 bits per heavy atom. The second kappa shape index (κ2) is 4.93. The summed E-state index contributed by atoms with van der Waals surface area (Å²) in [4.78, 5) is 0. The van der Waals surface area contributed by atoms with Gasteiger partial charge in [-0.1, -0.05) is 71.0 Å². The average Bonchev–Trinajstić information content (AvgIpc) is 2.78. The van der Waals surface area contributed by atoms with Gasteiger partial charge in [0.2, 0.25) is 0 Å². The van der Waals surface area contributed by atoms with Gasteiger partial charge >= 0.3 is 0 Å². The summed E-state index contributed by atoms with van der Waals surface area (Å²) >= 11 is 0. The van der Waals surface area contributed by atoms with Crippen molar-refractivity contribution in [1.82, 2.24) is 0 Å². The maximum absolute atomic E-state index is 10.0. The lowest BCUT2D eigenvalue weighted by Gasteiger charge is -2.28. The van der Waals surface area contributed by atoms with E-state index in [1.807, 2.05) is 36.4 Å². The largest absolute Gasteiger partial charge is 0.391 e. The average molecular weight is 270 g/mol. The van der Waals surface area contributed by atoms with Gasteiger partial charge in [-0.2, -0.15) is 0 Å². The lowest BCUT2D eigenvalue weighted by atomic mass is 10.3. The van der Waals surface area contributed by atoms with Crippen molar-refractivity contribution in [3.63, 3.8) is 0 Å². The van der Waals surface area contributed by atoms with Crippen LogP contribution in [-0.4, -0.2) is 30.5 Å². The van der Waals surface area contributed by atoms with Gasteiger partial charge in [-0.05, 0) is 12.1 Å². The predicted molar refractivity (Wildman–Crippen MR) is 79.5 cm³/mol. The standard InChI is InChI=1S/C16H18O2Si/c17-15-11-19(12-16(15)18,13-7-3-1-4-8-13)14-9-5-2-6-10-14/h1-10,15-18H,11-12H2/t15-,16+. The minimum absolute atomic E-state index is 0.591. The number of rotatable bonds is 2. The van der Waals surface area contributed by atoms with Crippen molar-refractivity contribution in [3.8, 4) is 0 Å². The fraction of sp³-hybridized carbons (Fsp3) is 0.250. The molecular weight excluding hydrogens is 252 g/mol. The van der Waals surface area contributed by atoms with Crippen LogP contribution in [-0.2, 0) is 0 Å². The number of hydrogen-bond donors (Lipinski definition) is 2. The molecule has 19 heavy (non-hydrogen) atoms. The molecule has 0 bridgehead atoms. The van der Waals surface area contributed by atoms with Crippen molar-refractivity contribution in [2.24, 2.45) is 0 Å². The molecule has 2 aromatic rings. The van der Waals surface area contributed by atoms with E-state index in [4.69, 9.17) is 0 Å². The molecule has 2 aromatic carbocycles. The summed E-state index contributed by atoms with van der Waals surface area (Å²) in [5, 5.41) is 22.7. The van der Waals surface area contributed by atoms with Crippen LogP contribution in [0.4, 0.5) is 0 Å². The molecule has 2 N–H and O–H groups in total. The zero-order valence-corrected chi connectivity index (χ0v) is 11.7.